The summed E-state index contributed by atoms with van der Waals surface area (Å²) in [4.78, 5) is 55.6. The average Bonchev–Trinajstić information content (AvgIpc) is 3.18. The third-order valence-electron chi connectivity index (χ3n) is 8.47. The van der Waals surface area contributed by atoms with Crippen LogP contribution in [0.4, 0.5) is 5.69 Å². The first-order chi connectivity index (χ1) is 18.7. The van der Waals surface area contributed by atoms with Crippen molar-refractivity contribution in [2.75, 3.05) is 4.90 Å². The zero-order valence-corrected chi connectivity index (χ0v) is 22.9. The average molecular weight is 584 g/mol. The number of carbonyl (C=O) groups excluding carboxylic acids is 4. The van der Waals surface area contributed by atoms with Gasteiger partial charge in [-0.2, -0.15) is 0 Å². The van der Waals surface area contributed by atoms with Gasteiger partial charge in [0.05, 0.1) is 17.5 Å². The zero-order chi connectivity index (χ0) is 27.6. The minimum absolute atomic E-state index is 0.0507. The van der Waals surface area contributed by atoms with E-state index in [1.54, 1.807) is 49.4 Å². The second-order valence-electron chi connectivity index (χ2n) is 10.6. The van der Waals surface area contributed by atoms with Gasteiger partial charge in [-0.3, -0.25) is 24.1 Å². The number of phenols is 1. The molecule has 1 heterocycles. The highest BCUT2D eigenvalue weighted by Crippen LogP contribution is 2.56. The molecule has 4 atom stereocenters. The minimum Gasteiger partial charge on any atom is -0.507 e. The van der Waals surface area contributed by atoms with E-state index >= 15 is 0 Å². The molecule has 4 unspecified atom stereocenters. The van der Waals surface area contributed by atoms with Crippen LogP contribution < -0.4 is 4.90 Å². The number of rotatable bonds is 4. The Kier molecular flexibility index (Phi) is 6.14. The van der Waals surface area contributed by atoms with Crippen molar-refractivity contribution >= 4 is 45.0 Å². The largest absolute Gasteiger partial charge is 0.507 e. The Labute approximate surface area is 234 Å². The predicted octanol–water partition coefficient (Wildman–Crippen LogP) is 5.52. The van der Waals surface area contributed by atoms with Crippen molar-refractivity contribution in [2.24, 2.45) is 17.8 Å². The van der Waals surface area contributed by atoms with Crippen LogP contribution in [0.3, 0.4) is 0 Å². The molecule has 4 aliphatic rings. The second kappa shape index (κ2) is 9.42. The topological polar surface area (TPSA) is 91.8 Å². The Balaban J connectivity index is 1.50. The molecule has 196 valence electrons. The molecule has 2 amide bonds. The Bertz CT molecular complexity index is 1580. The van der Waals surface area contributed by atoms with Crippen LogP contribution in [0.15, 0.2) is 94.0 Å². The lowest BCUT2D eigenvalue weighted by molar-refractivity contribution is -0.123. The van der Waals surface area contributed by atoms with Gasteiger partial charge in [-0.1, -0.05) is 51.9 Å². The van der Waals surface area contributed by atoms with E-state index in [2.05, 4.69) is 22.5 Å². The van der Waals surface area contributed by atoms with Crippen LogP contribution in [-0.2, 0) is 25.6 Å². The lowest BCUT2D eigenvalue weighted by Crippen LogP contribution is -2.39. The predicted molar refractivity (Wildman–Crippen MR) is 150 cm³/mol. The Morgan fingerprint density at radius 1 is 1.05 bits per heavy atom. The maximum atomic E-state index is 13.9. The Morgan fingerprint density at radius 3 is 2.51 bits per heavy atom. The van der Waals surface area contributed by atoms with Crippen LogP contribution in [0.5, 0.6) is 5.75 Å². The van der Waals surface area contributed by atoms with Crippen molar-refractivity contribution in [1.29, 1.82) is 0 Å². The molecule has 1 aliphatic heterocycles. The van der Waals surface area contributed by atoms with E-state index in [9.17, 15) is 24.3 Å². The lowest BCUT2D eigenvalue weighted by atomic mass is 9.59. The van der Waals surface area contributed by atoms with E-state index in [-0.39, 0.29) is 35.6 Å². The molecule has 1 fully saturated rings. The van der Waals surface area contributed by atoms with Crippen LogP contribution in [0.25, 0.3) is 0 Å². The normalized spacial score (nSPS) is 26.2. The van der Waals surface area contributed by atoms with Gasteiger partial charge in [0.2, 0.25) is 11.8 Å². The highest BCUT2D eigenvalue weighted by Gasteiger charge is 2.56. The quantitative estimate of drug-likeness (QED) is 0.291. The molecular formula is C32H26BrNO5. The standard InChI is InChI=1S/C32H26BrNO5/c1-3-5-17-6-4-7-21(30(17)37)26-20-12-13-22-27(23(20)15-24-28(26)25(35)14-16(2)29(24)36)32(39)34(31(22)38)19-10-8-18(33)9-11-19/h3-4,6-12,14,22-23,26-27,37H,1,5,13,15H2,2H3. The molecule has 6 rings (SSSR count). The number of Topliss-reactive ketones (excluding diaryl/α,β-unsaturated/α-hetero) is 1. The van der Waals surface area contributed by atoms with Gasteiger partial charge in [0.15, 0.2) is 11.6 Å². The van der Waals surface area contributed by atoms with E-state index in [1.165, 1.54) is 11.0 Å². The lowest BCUT2D eigenvalue weighted by Gasteiger charge is -2.42. The van der Waals surface area contributed by atoms with Gasteiger partial charge < -0.3 is 5.11 Å². The molecule has 0 spiro atoms. The number of halogens is 1. The van der Waals surface area contributed by atoms with Gasteiger partial charge in [-0.15, -0.1) is 6.58 Å². The number of imide groups is 1. The number of nitrogens with zero attached hydrogens (tertiary/aromatic N) is 1. The van der Waals surface area contributed by atoms with Gasteiger partial charge in [0.25, 0.3) is 0 Å². The fourth-order valence-electron chi connectivity index (χ4n) is 6.75. The number of amides is 2. The van der Waals surface area contributed by atoms with Crippen LogP contribution in [0, 0.1) is 17.8 Å². The highest BCUT2D eigenvalue weighted by atomic mass is 79.9. The molecule has 6 nitrogen and oxygen atoms in total. The number of hydrogen-bond acceptors (Lipinski definition) is 5. The van der Waals surface area contributed by atoms with E-state index in [4.69, 9.17) is 0 Å². The number of fused-ring (bicyclic) bond motifs is 3. The van der Waals surface area contributed by atoms with Gasteiger partial charge in [0.1, 0.15) is 5.75 Å². The number of anilines is 1. The summed E-state index contributed by atoms with van der Waals surface area (Å²) in [6, 6.07) is 12.4. The van der Waals surface area contributed by atoms with E-state index in [0.29, 0.717) is 46.4 Å². The summed E-state index contributed by atoms with van der Waals surface area (Å²) in [7, 11) is 0. The molecule has 0 bridgehead atoms. The number of benzene rings is 2. The SMILES string of the molecule is C=CCc1cccc(C2C3=CCC4C(=O)N(c5ccc(Br)cc5)C(=O)C4C3CC3=C2C(=O)C=C(C)C3=O)c1O. The van der Waals surface area contributed by atoms with Gasteiger partial charge in [-0.25, -0.2) is 0 Å². The highest BCUT2D eigenvalue weighted by molar-refractivity contribution is 9.10. The van der Waals surface area contributed by atoms with Crippen LogP contribution >= 0.6 is 15.9 Å². The second-order valence-corrected chi connectivity index (χ2v) is 11.5. The molecule has 2 aromatic rings. The van der Waals surface area contributed by atoms with Crippen molar-refractivity contribution in [1.82, 2.24) is 0 Å². The minimum atomic E-state index is -0.685. The molecule has 1 saturated heterocycles. The maximum Gasteiger partial charge on any atom is 0.238 e. The van der Waals surface area contributed by atoms with Crippen LogP contribution in [0.2, 0.25) is 0 Å². The molecule has 0 saturated carbocycles. The molecule has 0 radical (unpaired) electrons. The summed E-state index contributed by atoms with van der Waals surface area (Å²) in [6.45, 7) is 5.40. The van der Waals surface area contributed by atoms with Gasteiger partial charge in [0, 0.05) is 32.7 Å². The first-order valence-corrected chi connectivity index (χ1v) is 13.8. The smallest absolute Gasteiger partial charge is 0.238 e. The maximum absolute atomic E-state index is 13.9. The first-order valence-electron chi connectivity index (χ1n) is 13.0. The molecule has 1 N–H and O–H groups in total. The Morgan fingerprint density at radius 2 is 1.79 bits per heavy atom. The van der Waals surface area contributed by atoms with Crippen LogP contribution in [0.1, 0.15) is 36.8 Å². The van der Waals surface area contributed by atoms with Crippen LogP contribution in [-0.4, -0.2) is 28.5 Å². The summed E-state index contributed by atoms with van der Waals surface area (Å²) in [5.41, 5.74) is 3.60. The summed E-state index contributed by atoms with van der Waals surface area (Å²) < 4.78 is 0.837. The van der Waals surface area contributed by atoms with Gasteiger partial charge >= 0.3 is 0 Å². The number of para-hydroxylation sites is 1. The van der Waals surface area contributed by atoms with Crippen molar-refractivity contribution in [2.45, 2.75) is 32.1 Å². The van der Waals surface area contributed by atoms with E-state index in [1.807, 2.05) is 12.1 Å². The molecule has 0 aromatic heterocycles. The number of carbonyl (C=O) groups is 4. The summed E-state index contributed by atoms with van der Waals surface area (Å²) in [6.07, 6.45) is 6.00. The number of aromatic hydroxyl groups is 1. The molecule has 3 aliphatic carbocycles. The zero-order valence-electron chi connectivity index (χ0n) is 21.3. The van der Waals surface area contributed by atoms with Gasteiger partial charge in [-0.05, 0) is 68.0 Å². The monoisotopic (exact) mass is 583 g/mol. The number of phenolic OH excluding ortho intramolecular Hbond substituents is 1. The summed E-state index contributed by atoms with van der Waals surface area (Å²) >= 11 is 3.40. The van der Waals surface area contributed by atoms with Crippen molar-refractivity contribution in [3.63, 3.8) is 0 Å². The summed E-state index contributed by atoms with van der Waals surface area (Å²) in [5, 5.41) is 11.3. The van der Waals surface area contributed by atoms with E-state index < -0.39 is 23.7 Å². The molecule has 39 heavy (non-hydrogen) atoms. The number of hydrogen-bond donors (Lipinski definition) is 1. The third kappa shape index (κ3) is 3.82. The van der Waals surface area contributed by atoms with Crippen molar-refractivity contribution < 1.29 is 24.3 Å². The van der Waals surface area contributed by atoms with Crippen molar-refractivity contribution in [3.8, 4) is 5.75 Å². The fourth-order valence-corrected chi connectivity index (χ4v) is 7.01. The first kappa shape index (κ1) is 25.4. The summed E-state index contributed by atoms with van der Waals surface area (Å²) in [5.74, 6) is -3.32. The fraction of sp³-hybridized carbons (Fsp3) is 0.250. The number of allylic oxidation sites excluding steroid dienone is 7. The number of ketones is 2. The molecule has 2 aromatic carbocycles. The third-order valence-corrected chi connectivity index (χ3v) is 9.00. The van der Waals surface area contributed by atoms with E-state index in [0.717, 1.165) is 10.0 Å². The Hall–Kier alpha value is -3.84. The molecular weight excluding hydrogens is 558 g/mol. The molecule has 7 heteroatoms. The van der Waals surface area contributed by atoms with Crippen molar-refractivity contribution in [3.05, 3.63) is 105 Å².